The number of allylic oxidation sites excluding steroid dienone is 7. The van der Waals surface area contributed by atoms with E-state index in [0.29, 0.717) is 29.7 Å². The molecule has 0 spiro atoms. The third kappa shape index (κ3) is 37.6. The molecule has 0 bridgehead atoms. The van der Waals surface area contributed by atoms with Crippen LogP contribution in [0.2, 0.25) is 0 Å². The summed E-state index contributed by atoms with van der Waals surface area (Å²) in [6.45, 7) is 51.1. The highest BCUT2D eigenvalue weighted by Gasteiger charge is 2.26. The van der Waals surface area contributed by atoms with Gasteiger partial charge in [0.2, 0.25) is 5.82 Å². The van der Waals surface area contributed by atoms with Gasteiger partial charge in [0.1, 0.15) is 12.0 Å². The highest BCUT2D eigenvalue weighted by molar-refractivity contribution is 5.78. The van der Waals surface area contributed by atoms with Gasteiger partial charge in [-0.3, -0.25) is 0 Å². The fourth-order valence-corrected chi connectivity index (χ4v) is 4.13. The van der Waals surface area contributed by atoms with Gasteiger partial charge < -0.3 is 9.53 Å². The number of ether oxygens (including phenoxy) is 1. The Morgan fingerprint density at radius 1 is 0.766 bits per heavy atom. The van der Waals surface area contributed by atoms with Crippen LogP contribution < -0.4 is 4.74 Å². The van der Waals surface area contributed by atoms with Gasteiger partial charge >= 0.3 is 0 Å². The molecule has 0 N–H and O–H groups in total. The first kappa shape index (κ1) is 71.9. The Morgan fingerprint density at radius 2 is 1.23 bits per heavy atom. The molecule has 0 radical (unpaired) electrons. The largest absolute Gasteiger partial charge is 0.490 e. The average Bonchev–Trinajstić information content (AvgIpc) is 3.24. The minimum atomic E-state index is -2.90. The maximum Gasteiger partial charge on any atom is 0.266 e. The molecule has 7 heteroatoms. The van der Waals surface area contributed by atoms with E-state index in [2.05, 4.69) is 68.2 Å². The third-order valence-electron chi connectivity index (χ3n) is 8.90. The van der Waals surface area contributed by atoms with Crippen molar-refractivity contribution in [3.05, 3.63) is 119 Å². The standard InChI is InChI=1S/C19H23F3.C17H24F2O.C5H10O.C4H8.2C4H10.2C2H6/c1-7-8-15(11-14(3)19(6,21)22)17-12-16(18(4,5)20)10-9-13(17)2;1-6-10-20-14-9-8-12(15(18)16(14)19)11-13(7-2)17(3,4)5;1-3-5(2)4-6;1-4(2)3;2*1-3-4-2;2*1-2/h7-12H,1H2,2-6H3;7-9,13H,2,6,10-11H2,1,3-5H3;4-5H,3H2,1-2H3;1H2,2-3H3;2*3-4H2,1-2H3;2*1-2H3/b14-11+,15-8+;;;;;;;. The fraction of sp³-hybridized carbons (Fsp3) is 0.596. The molecule has 0 heterocycles. The van der Waals surface area contributed by atoms with Crippen molar-refractivity contribution in [3.8, 4) is 5.75 Å². The molecule has 0 aliphatic rings. The van der Waals surface area contributed by atoms with Crippen molar-refractivity contribution in [2.24, 2.45) is 17.3 Å². The molecule has 2 aromatic carbocycles. The zero-order valence-electron chi connectivity index (χ0n) is 44.9. The molecule has 0 aromatic heterocycles. The van der Waals surface area contributed by atoms with Gasteiger partial charge in [-0.25, -0.2) is 17.6 Å². The summed E-state index contributed by atoms with van der Waals surface area (Å²) in [5, 5.41) is 0. The molecule has 2 nitrogen and oxygen atoms in total. The van der Waals surface area contributed by atoms with Crippen LogP contribution in [0.15, 0.2) is 85.5 Å². The molecule has 64 heavy (non-hydrogen) atoms. The van der Waals surface area contributed by atoms with Crippen LogP contribution in [-0.2, 0) is 16.9 Å². The van der Waals surface area contributed by atoms with Crippen molar-refractivity contribution < 1.29 is 31.5 Å². The number of aldehydes is 1. The van der Waals surface area contributed by atoms with Gasteiger partial charge in [-0.1, -0.05) is 171 Å². The Balaban J connectivity index is -0.000000181. The molecule has 372 valence electrons. The monoisotopic (exact) mass is 909 g/mol. The molecule has 0 aliphatic heterocycles. The minimum Gasteiger partial charge on any atom is -0.490 e. The average molecular weight is 909 g/mol. The first-order valence-corrected chi connectivity index (χ1v) is 23.6. The van der Waals surface area contributed by atoms with Gasteiger partial charge in [0, 0.05) is 12.8 Å². The molecule has 2 rings (SSSR count). The van der Waals surface area contributed by atoms with E-state index in [4.69, 9.17) is 4.74 Å². The van der Waals surface area contributed by atoms with Crippen molar-refractivity contribution in [3.63, 3.8) is 0 Å². The molecule has 0 saturated heterocycles. The highest BCUT2D eigenvalue weighted by atomic mass is 19.3. The van der Waals surface area contributed by atoms with Crippen molar-refractivity contribution in [1.82, 2.24) is 0 Å². The Labute approximate surface area is 393 Å². The van der Waals surface area contributed by atoms with Crippen LogP contribution in [0, 0.1) is 35.8 Å². The summed E-state index contributed by atoms with van der Waals surface area (Å²) >= 11 is 0. The molecule has 2 aromatic rings. The number of hydrogen-bond donors (Lipinski definition) is 0. The van der Waals surface area contributed by atoms with Crippen LogP contribution in [0.25, 0.3) is 5.57 Å². The third-order valence-corrected chi connectivity index (χ3v) is 8.90. The van der Waals surface area contributed by atoms with Crippen molar-refractivity contribution >= 4 is 11.9 Å². The predicted octanol–water partition coefficient (Wildman–Crippen LogP) is 20.0. The maximum absolute atomic E-state index is 14.2. The molecular formula is C57H97F5O2. The normalized spacial score (nSPS) is 11.8. The number of benzene rings is 2. The van der Waals surface area contributed by atoms with Crippen molar-refractivity contribution in [1.29, 1.82) is 0 Å². The molecule has 0 aliphatic carbocycles. The van der Waals surface area contributed by atoms with Gasteiger partial charge in [-0.05, 0) is 124 Å². The number of unbranched alkanes of at least 4 members (excludes halogenated alkanes) is 2. The Bertz CT molecular complexity index is 1540. The van der Waals surface area contributed by atoms with E-state index in [0.717, 1.165) is 37.2 Å². The lowest BCUT2D eigenvalue weighted by atomic mass is 9.77. The van der Waals surface area contributed by atoms with Gasteiger partial charge in [0.15, 0.2) is 11.6 Å². The zero-order valence-corrected chi connectivity index (χ0v) is 44.9. The van der Waals surface area contributed by atoms with E-state index in [1.165, 1.54) is 64.2 Å². The van der Waals surface area contributed by atoms with E-state index in [9.17, 15) is 26.7 Å². The smallest absolute Gasteiger partial charge is 0.266 e. The van der Waals surface area contributed by atoms with Crippen LogP contribution in [0.1, 0.15) is 199 Å². The van der Waals surface area contributed by atoms with Crippen molar-refractivity contribution in [2.75, 3.05) is 6.61 Å². The SMILES string of the molecule is C=C(C)C.C=C/C=C(\C=C(/C)C(C)(F)F)c1cc(C(C)(C)F)ccc1C.C=CC(Cc1ccc(OCCC)c(F)c1F)C(C)(C)C.CC.CC.CCC(C)C=O.CCCC.CCCC. The van der Waals surface area contributed by atoms with Gasteiger partial charge in [0.25, 0.3) is 5.92 Å². The Morgan fingerprint density at radius 3 is 1.55 bits per heavy atom. The zero-order chi connectivity index (χ0) is 51.9. The quantitative estimate of drug-likeness (QED) is 0.0770. The first-order chi connectivity index (χ1) is 29.6. The summed E-state index contributed by atoms with van der Waals surface area (Å²) in [4.78, 5) is 9.74. The molecule has 0 saturated carbocycles. The number of alkyl halides is 3. The van der Waals surface area contributed by atoms with E-state index in [-0.39, 0.29) is 28.6 Å². The molecule has 2 atom stereocenters. The lowest BCUT2D eigenvalue weighted by Gasteiger charge is -2.28. The minimum absolute atomic E-state index is 0.0148. The second-order valence-corrected chi connectivity index (χ2v) is 16.9. The maximum atomic E-state index is 14.2. The molecular weight excluding hydrogens is 812 g/mol. The first-order valence-electron chi connectivity index (χ1n) is 23.6. The summed E-state index contributed by atoms with van der Waals surface area (Å²) in [6, 6.07) is 8.34. The van der Waals surface area contributed by atoms with Crippen LogP contribution in [0.5, 0.6) is 5.75 Å². The van der Waals surface area contributed by atoms with Gasteiger partial charge in [-0.15, -0.1) is 13.2 Å². The van der Waals surface area contributed by atoms with Crippen molar-refractivity contribution in [2.45, 2.75) is 202 Å². The summed E-state index contributed by atoms with van der Waals surface area (Å²) in [6.07, 6.45) is 14.8. The molecule has 0 fully saturated rings. The van der Waals surface area contributed by atoms with Crippen LogP contribution >= 0.6 is 0 Å². The fourth-order valence-electron chi connectivity index (χ4n) is 4.13. The summed E-state index contributed by atoms with van der Waals surface area (Å²) < 4.78 is 74.2. The number of aryl methyl sites for hydroxylation is 1. The highest BCUT2D eigenvalue weighted by Crippen LogP contribution is 2.34. The summed E-state index contributed by atoms with van der Waals surface area (Å²) in [5.74, 6) is -4.28. The topological polar surface area (TPSA) is 26.3 Å². The summed E-state index contributed by atoms with van der Waals surface area (Å²) in [5.41, 5.74) is 2.68. The van der Waals surface area contributed by atoms with E-state index in [1.54, 1.807) is 42.5 Å². The second kappa shape index (κ2) is 41.9. The number of hydrogen-bond acceptors (Lipinski definition) is 2. The molecule has 0 amide bonds. The van der Waals surface area contributed by atoms with Gasteiger partial charge in [-0.2, -0.15) is 4.39 Å². The van der Waals surface area contributed by atoms with Gasteiger partial charge in [0.05, 0.1) is 6.61 Å². The Kier molecular flexibility index (Phi) is 47.1. The lowest BCUT2D eigenvalue weighted by Crippen LogP contribution is -2.21. The number of rotatable bonds is 15. The van der Waals surface area contributed by atoms with Crippen LogP contribution in [0.4, 0.5) is 22.0 Å². The molecule has 2 unspecified atom stereocenters. The number of carbonyl (C=O) groups is 1. The number of carbonyl (C=O) groups excluding carboxylic acids is 1. The lowest BCUT2D eigenvalue weighted by molar-refractivity contribution is -0.110. The van der Waals surface area contributed by atoms with E-state index < -0.39 is 23.2 Å². The van der Waals surface area contributed by atoms with Crippen LogP contribution in [-0.4, -0.2) is 18.8 Å². The van der Waals surface area contributed by atoms with E-state index in [1.807, 2.05) is 69.2 Å². The second-order valence-electron chi connectivity index (χ2n) is 16.9. The predicted molar refractivity (Wildman–Crippen MR) is 277 cm³/mol. The Hall–Kier alpha value is -3.74. The van der Waals surface area contributed by atoms with Crippen LogP contribution in [0.3, 0.4) is 0 Å². The number of halogens is 5. The van der Waals surface area contributed by atoms with E-state index >= 15 is 0 Å². The summed E-state index contributed by atoms with van der Waals surface area (Å²) in [7, 11) is 0.